The third-order valence-corrected chi connectivity index (χ3v) is 9.98. The highest BCUT2D eigenvalue weighted by Crippen LogP contribution is 2.36. The molecule has 0 saturated carbocycles. The summed E-state index contributed by atoms with van der Waals surface area (Å²) >= 11 is 0. The summed E-state index contributed by atoms with van der Waals surface area (Å²) in [7, 11) is 2.00. The van der Waals surface area contributed by atoms with E-state index in [4.69, 9.17) is 24.5 Å². The van der Waals surface area contributed by atoms with Crippen molar-refractivity contribution in [2.75, 3.05) is 20.3 Å². The van der Waals surface area contributed by atoms with Gasteiger partial charge in [0, 0.05) is 54.7 Å². The Morgan fingerprint density at radius 2 is 1.22 bits per heavy atom. The summed E-state index contributed by atoms with van der Waals surface area (Å²) in [5, 5.41) is 3.42. The van der Waals surface area contributed by atoms with Crippen LogP contribution < -0.4 is 5.32 Å². The second-order valence-corrected chi connectivity index (χ2v) is 14.0. The molecule has 0 spiro atoms. The van der Waals surface area contributed by atoms with Crippen molar-refractivity contribution in [2.45, 2.75) is 84.0 Å². The maximum atomic E-state index is 12.5. The highest BCUT2D eigenvalue weighted by molar-refractivity contribution is 6.31. The molecule has 286 valence electrons. The molecule has 0 saturated heterocycles. The number of hydrogen-bond donors (Lipinski definition) is 2. The Balaban J connectivity index is 1.46. The van der Waals surface area contributed by atoms with Crippen LogP contribution in [0, 0.1) is 0 Å². The molecule has 1 aromatic heterocycles. The van der Waals surface area contributed by atoms with E-state index in [1.807, 2.05) is 36.5 Å². The number of aliphatic imine (C=N–C) groups is 3. The van der Waals surface area contributed by atoms with Crippen LogP contribution >= 0.6 is 0 Å². The van der Waals surface area contributed by atoms with Gasteiger partial charge < -0.3 is 24.7 Å². The normalized spacial score (nSPS) is 18.3. The number of carbonyl (C=O) groups excluding carboxylic acids is 2. The van der Waals surface area contributed by atoms with Gasteiger partial charge in [-0.1, -0.05) is 57.9 Å². The molecule has 55 heavy (non-hydrogen) atoms. The third kappa shape index (κ3) is 9.67. The smallest absolute Gasteiger partial charge is 0.306 e. The minimum absolute atomic E-state index is 0.199. The molecule has 2 N–H and O–H groups in total. The van der Waals surface area contributed by atoms with Crippen LogP contribution in [0.15, 0.2) is 135 Å². The number of allylic oxidation sites excluding steroid dienone is 10. The molecule has 0 aliphatic carbocycles. The number of carbonyl (C=O) groups is 2. The van der Waals surface area contributed by atoms with Crippen molar-refractivity contribution in [3.8, 4) is 0 Å². The number of H-pyrrole nitrogens is 1. The van der Waals surface area contributed by atoms with Crippen molar-refractivity contribution in [2.24, 2.45) is 15.0 Å². The largest absolute Gasteiger partial charge is 0.461 e. The average Bonchev–Trinajstić information content (AvgIpc) is 4.04. The summed E-state index contributed by atoms with van der Waals surface area (Å²) in [6.45, 7) is 9.94. The van der Waals surface area contributed by atoms with Gasteiger partial charge in [0.15, 0.2) is 0 Å². The first-order chi connectivity index (χ1) is 26.9. The summed E-state index contributed by atoms with van der Waals surface area (Å²) in [4.78, 5) is 46.5. The first-order valence-electron chi connectivity index (χ1n) is 19.5. The monoisotopic (exact) mass is 740 g/mol. The second kappa shape index (κ2) is 19.0. The second-order valence-electron chi connectivity index (χ2n) is 14.0. The lowest BCUT2D eigenvalue weighted by Gasteiger charge is -2.17. The van der Waals surface area contributed by atoms with Crippen LogP contribution in [0.5, 0.6) is 0 Å². The van der Waals surface area contributed by atoms with Crippen LogP contribution in [0.4, 0.5) is 0 Å². The van der Waals surface area contributed by atoms with Crippen molar-refractivity contribution >= 4 is 40.2 Å². The van der Waals surface area contributed by atoms with Gasteiger partial charge in [-0.05, 0) is 87.1 Å². The van der Waals surface area contributed by atoms with Gasteiger partial charge in [-0.15, -0.1) is 0 Å². The number of aromatic amines is 1. The Morgan fingerprint density at radius 1 is 0.691 bits per heavy atom. The van der Waals surface area contributed by atoms with Crippen LogP contribution in [0.2, 0.25) is 0 Å². The Labute approximate surface area is 324 Å². The lowest BCUT2D eigenvalue weighted by molar-refractivity contribution is -0.143. The Bertz CT molecular complexity index is 2040. The predicted molar refractivity (Wildman–Crippen MR) is 222 cm³/mol. The number of nitrogens with one attached hydrogen (secondary N) is 2. The fourth-order valence-corrected chi connectivity index (χ4v) is 7.17. The van der Waals surface area contributed by atoms with Crippen LogP contribution in [0.3, 0.4) is 0 Å². The standard InChI is InChI=1S/C45H52N6O4/c1-5-8-9-10-11-14-31-34-19-21-36(47-34)32(15-12-17-42(52)54-29-6-2)38-23-25-40(49-38)44(45-46-27-28-51(45)4)41-26-24-39(50-41)33(37-22-20-35(31)48-37)16-13-18-43(53)55-30-7-3/h6-7,19-28,46,49H,2-3,5,8-18,29-30H2,1,4H3/b35-31?,36-32?,39-33?,45-44+. The molecule has 6 heterocycles. The van der Waals surface area contributed by atoms with Gasteiger partial charge in [0.1, 0.15) is 19.0 Å². The van der Waals surface area contributed by atoms with E-state index in [1.54, 1.807) is 12.2 Å². The predicted octanol–water partition coefficient (Wildman–Crippen LogP) is 9.11. The zero-order valence-electron chi connectivity index (χ0n) is 32.2. The molecule has 0 amide bonds. The SMILES string of the molecule is C=CCOC(=O)CCCC1=C2C=CC(=N2)/C(=C2\NC=CN2C)c2ccc([nH]2)C(CCCC(=O)OCC=C)=C2C=CC(=N2)C(CCCCCCC)=C2C=CC1=N2. The Hall–Kier alpha value is -5.77. The van der Waals surface area contributed by atoms with Gasteiger partial charge in [-0.3, -0.25) is 9.59 Å². The van der Waals surface area contributed by atoms with E-state index in [-0.39, 0.29) is 31.6 Å². The minimum atomic E-state index is -0.251. The number of unbranched alkanes of at least 4 members (excludes halogenated alkanes) is 4. The molecule has 0 radical (unpaired) electrons. The quantitative estimate of drug-likeness (QED) is 0.0880. The van der Waals surface area contributed by atoms with Crippen molar-refractivity contribution in [1.82, 2.24) is 15.2 Å². The lowest BCUT2D eigenvalue weighted by Crippen LogP contribution is -2.19. The van der Waals surface area contributed by atoms with Gasteiger partial charge >= 0.3 is 11.9 Å². The Kier molecular flexibility index (Phi) is 13.5. The summed E-state index contributed by atoms with van der Waals surface area (Å²) in [6, 6.07) is 4.17. The fraction of sp³-hybridized carbons (Fsp3) is 0.356. The first kappa shape index (κ1) is 38.9. The van der Waals surface area contributed by atoms with Crippen LogP contribution in [0.1, 0.15) is 95.4 Å². The van der Waals surface area contributed by atoms with Gasteiger partial charge in [0.25, 0.3) is 0 Å². The third-order valence-electron chi connectivity index (χ3n) is 9.98. The van der Waals surface area contributed by atoms with E-state index in [2.05, 4.69) is 66.8 Å². The molecule has 10 heteroatoms. The molecular formula is C45H52N6O4. The number of hydrogen-bond acceptors (Lipinski definition) is 9. The zero-order valence-corrected chi connectivity index (χ0v) is 32.2. The van der Waals surface area contributed by atoms with Gasteiger partial charge in [-0.2, -0.15) is 0 Å². The van der Waals surface area contributed by atoms with Gasteiger partial charge in [0.05, 0.1) is 45.5 Å². The fourth-order valence-electron chi connectivity index (χ4n) is 7.17. The van der Waals surface area contributed by atoms with Crippen molar-refractivity contribution < 1.29 is 19.1 Å². The van der Waals surface area contributed by atoms with Crippen molar-refractivity contribution in [3.05, 3.63) is 132 Å². The molecule has 0 atom stereocenters. The molecular weight excluding hydrogens is 689 g/mol. The lowest BCUT2D eigenvalue weighted by atomic mass is 10.00. The van der Waals surface area contributed by atoms with E-state index in [0.29, 0.717) is 32.1 Å². The Morgan fingerprint density at radius 3 is 1.80 bits per heavy atom. The molecule has 1 aromatic rings. The number of esters is 2. The molecule has 0 fully saturated rings. The highest BCUT2D eigenvalue weighted by Gasteiger charge is 2.27. The van der Waals surface area contributed by atoms with Crippen LogP contribution in [0.25, 0.3) is 11.1 Å². The molecule has 5 aliphatic rings. The zero-order chi connectivity index (χ0) is 38.6. The molecule has 5 aliphatic heterocycles. The van der Waals surface area contributed by atoms with E-state index in [1.165, 1.54) is 19.3 Å². The summed E-state index contributed by atoms with van der Waals surface area (Å²) in [5.41, 5.74) is 10.9. The van der Waals surface area contributed by atoms with Crippen molar-refractivity contribution in [3.63, 3.8) is 0 Å². The van der Waals surface area contributed by atoms with Gasteiger partial charge in [-0.25, -0.2) is 15.0 Å². The molecule has 8 bridgehead atoms. The summed E-state index contributed by atoms with van der Waals surface area (Å²) < 4.78 is 10.6. The van der Waals surface area contributed by atoms with Crippen molar-refractivity contribution in [1.29, 1.82) is 0 Å². The maximum absolute atomic E-state index is 12.5. The summed E-state index contributed by atoms with van der Waals surface area (Å²) in [6.07, 6.45) is 29.1. The number of fused-ring (bicyclic) bond motifs is 5. The van der Waals surface area contributed by atoms with E-state index < -0.39 is 0 Å². The van der Waals surface area contributed by atoms with Crippen LogP contribution in [-0.2, 0) is 19.1 Å². The first-order valence-corrected chi connectivity index (χ1v) is 19.5. The van der Waals surface area contributed by atoms with E-state index >= 15 is 0 Å². The summed E-state index contributed by atoms with van der Waals surface area (Å²) in [5.74, 6) is 0.391. The van der Waals surface area contributed by atoms with E-state index in [0.717, 1.165) is 93.0 Å². The number of nitrogens with zero attached hydrogens (tertiary/aromatic N) is 4. The number of rotatable bonds is 18. The topological polar surface area (TPSA) is 121 Å². The minimum Gasteiger partial charge on any atom is -0.461 e. The molecule has 0 unspecified atom stereocenters. The molecule has 10 nitrogen and oxygen atoms in total. The maximum Gasteiger partial charge on any atom is 0.306 e. The number of aromatic nitrogens is 1. The highest BCUT2D eigenvalue weighted by atomic mass is 16.5. The number of ether oxygens (including phenoxy) is 2. The van der Waals surface area contributed by atoms with Crippen LogP contribution in [-0.4, -0.2) is 59.2 Å². The van der Waals surface area contributed by atoms with E-state index in [9.17, 15) is 9.59 Å². The molecule has 6 rings (SSSR count). The average molecular weight is 741 g/mol. The van der Waals surface area contributed by atoms with Gasteiger partial charge in [0.2, 0.25) is 0 Å². The molecule has 0 aromatic carbocycles.